The van der Waals surface area contributed by atoms with Gasteiger partial charge in [0.25, 0.3) is 5.92 Å². The van der Waals surface area contributed by atoms with E-state index < -0.39 is 5.92 Å². The fraction of sp³-hybridized carbons (Fsp3) is 0.300. The van der Waals surface area contributed by atoms with Crippen molar-refractivity contribution in [3.63, 3.8) is 0 Å². The largest absolute Gasteiger partial charge is 0.292 e. The van der Waals surface area contributed by atoms with E-state index in [0.29, 0.717) is 48.5 Å². The maximum Gasteiger partial charge on any atom is 0.290 e. The van der Waals surface area contributed by atoms with Gasteiger partial charge < -0.3 is 0 Å². The third-order valence-electron chi connectivity index (χ3n) is 7.47. The highest BCUT2D eigenvalue weighted by Gasteiger charge is 2.40. The van der Waals surface area contributed by atoms with E-state index in [4.69, 9.17) is 4.98 Å². The molecule has 0 amide bonds. The number of hydrogen-bond donors (Lipinski definition) is 2. The van der Waals surface area contributed by atoms with Crippen LogP contribution in [0, 0.1) is 13.8 Å². The smallest absolute Gasteiger partial charge is 0.290 e. The van der Waals surface area contributed by atoms with Gasteiger partial charge in [-0.3, -0.25) is 15.0 Å². The van der Waals surface area contributed by atoms with E-state index in [2.05, 4.69) is 45.3 Å². The molecule has 11 nitrogen and oxygen atoms in total. The first-order valence-corrected chi connectivity index (χ1v) is 15.9. The molecule has 0 bridgehead atoms. The summed E-state index contributed by atoms with van der Waals surface area (Å²) in [7, 11) is 0. The van der Waals surface area contributed by atoms with Gasteiger partial charge in [-0.2, -0.15) is 19.0 Å². The van der Waals surface area contributed by atoms with E-state index in [1.54, 1.807) is 29.9 Å². The zero-order valence-electron chi connectivity index (χ0n) is 24.3. The molecule has 2 N–H and O–H groups in total. The number of halogens is 2. The lowest BCUT2D eigenvalue weighted by molar-refractivity contribution is -0.0159. The van der Waals surface area contributed by atoms with Crippen LogP contribution in [0.4, 0.5) is 8.78 Å². The van der Waals surface area contributed by atoms with Crippen LogP contribution in [-0.2, 0) is 31.6 Å². The number of carbonyl (C=O) groups excluding carboxylic acids is 1. The molecule has 6 heterocycles. The third kappa shape index (κ3) is 5.92. The van der Waals surface area contributed by atoms with Crippen molar-refractivity contribution in [2.45, 2.75) is 58.3 Å². The summed E-state index contributed by atoms with van der Waals surface area (Å²) in [5.74, 6) is -1.34. The van der Waals surface area contributed by atoms with Crippen LogP contribution in [0.2, 0.25) is 0 Å². The lowest BCUT2D eigenvalue weighted by atomic mass is 10.1. The van der Waals surface area contributed by atoms with Gasteiger partial charge in [-0.1, -0.05) is 0 Å². The standard InChI is InChI=1S/C15H13F2N5S.C15H13N5OS/c1-8-3-5-18-11(20-8)6-12-21-13-9-7-19-22-14(9)15(16,17)4-2-10(13)23-12;1-8-4-5-16-12(18-8)6-13-19-15-9-7-17-20-14(9)10(21)2-3-11(15)22-13/h3,5,7H,2,4,6H2,1H3,(H,19,22);4-5,7H,2-3,6H2,1H3,(H,17,20). The Bertz CT molecular complexity index is 2030. The Labute approximate surface area is 263 Å². The molecular formula is C30H26F2N10OS2. The Kier molecular flexibility index (Phi) is 7.57. The van der Waals surface area contributed by atoms with E-state index in [1.807, 2.05) is 26.0 Å². The van der Waals surface area contributed by atoms with Gasteiger partial charge in [0.1, 0.15) is 33.1 Å². The van der Waals surface area contributed by atoms with Gasteiger partial charge in [-0.05, 0) is 38.8 Å². The number of alkyl halides is 2. The van der Waals surface area contributed by atoms with Crippen LogP contribution in [0.5, 0.6) is 0 Å². The molecule has 0 radical (unpaired) electrons. The number of aromatic amines is 2. The molecule has 0 saturated carbocycles. The average Bonchev–Trinajstić information content (AvgIpc) is 3.80. The summed E-state index contributed by atoms with van der Waals surface area (Å²) < 4.78 is 28.2. The second kappa shape index (κ2) is 11.7. The van der Waals surface area contributed by atoms with Gasteiger partial charge >= 0.3 is 0 Å². The highest BCUT2D eigenvalue weighted by Crippen LogP contribution is 2.44. The quantitative estimate of drug-likeness (QED) is 0.249. The van der Waals surface area contributed by atoms with Gasteiger partial charge in [0, 0.05) is 51.9 Å². The normalized spacial score (nSPS) is 14.7. The van der Waals surface area contributed by atoms with Crippen LogP contribution in [0.25, 0.3) is 22.5 Å². The van der Waals surface area contributed by atoms with Gasteiger partial charge in [0.15, 0.2) is 5.78 Å². The average molecular weight is 645 g/mol. The minimum atomic E-state index is -2.90. The van der Waals surface area contributed by atoms with Crippen molar-refractivity contribution in [2.75, 3.05) is 0 Å². The zero-order chi connectivity index (χ0) is 31.1. The van der Waals surface area contributed by atoms with Crippen molar-refractivity contribution < 1.29 is 13.6 Å². The summed E-state index contributed by atoms with van der Waals surface area (Å²) in [6.07, 6.45) is 8.99. The first-order valence-electron chi connectivity index (χ1n) is 14.3. The zero-order valence-corrected chi connectivity index (χ0v) is 25.9. The van der Waals surface area contributed by atoms with Crippen molar-refractivity contribution in [2.24, 2.45) is 0 Å². The Balaban J connectivity index is 0.000000145. The van der Waals surface area contributed by atoms with Crippen molar-refractivity contribution in [1.29, 1.82) is 0 Å². The number of nitrogens with one attached hydrogen (secondary N) is 2. The minimum absolute atomic E-state index is 0.0984. The topological polar surface area (TPSA) is 152 Å². The van der Waals surface area contributed by atoms with Crippen molar-refractivity contribution in [3.05, 3.63) is 91.1 Å². The number of aromatic nitrogens is 10. The molecule has 0 atom stereocenters. The molecule has 0 unspecified atom stereocenters. The Morgan fingerprint density at radius 3 is 2.00 bits per heavy atom. The first-order chi connectivity index (χ1) is 21.7. The van der Waals surface area contributed by atoms with Crippen molar-refractivity contribution >= 4 is 28.5 Å². The Morgan fingerprint density at radius 1 is 0.778 bits per heavy atom. The SMILES string of the molecule is Cc1ccnc(Cc2nc3c(s2)CCC(=O)c2[nH]ncc2-3)n1.Cc1ccnc(Cc2nc3c(s2)CCC(F)(F)c2[nH]ncc2-3)n1. The second-order valence-electron chi connectivity index (χ2n) is 10.8. The van der Waals surface area contributed by atoms with Crippen LogP contribution >= 0.6 is 22.7 Å². The molecule has 2 aliphatic carbocycles. The molecule has 6 aromatic heterocycles. The number of Topliss-reactive ketones (excluding diaryl/α,β-unsaturated/α-hetero) is 1. The number of aryl methyl sites for hydroxylation is 4. The number of ketones is 1. The summed E-state index contributed by atoms with van der Waals surface area (Å²) in [6, 6.07) is 3.71. The van der Waals surface area contributed by atoms with Crippen LogP contribution in [0.3, 0.4) is 0 Å². The van der Waals surface area contributed by atoms with E-state index in [1.165, 1.54) is 17.5 Å². The highest BCUT2D eigenvalue weighted by molar-refractivity contribution is 7.12. The third-order valence-corrected chi connectivity index (χ3v) is 9.70. The molecule has 45 heavy (non-hydrogen) atoms. The summed E-state index contributed by atoms with van der Waals surface area (Å²) >= 11 is 3.08. The molecular weight excluding hydrogens is 619 g/mol. The molecule has 0 fully saturated rings. The summed E-state index contributed by atoms with van der Waals surface area (Å²) in [4.78, 5) is 40.6. The van der Waals surface area contributed by atoms with E-state index >= 15 is 0 Å². The highest BCUT2D eigenvalue weighted by atomic mass is 32.1. The molecule has 0 aliphatic heterocycles. The number of H-pyrrole nitrogens is 2. The lowest BCUT2D eigenvalue weighted by Crippen LogP contribution is -2.14. The number of rotatable bonds is 4. The van der Waals surface area contributed by atoms with Crippen LogP contribution in [0.1, 0.15) is 71.8 Å². The van der Waals surface area contributed by atoms with E-state index in [0.717, 1.165) is 54.7 Å². The molecule has 2 aliphatic rings. The summed E-state index contributed by atoms with van der Waals surface area (Å²) in [6.45, 7) is 3.85. The maximum absolute atomic E-state index is 14.1. The van der Waals surface area contributed by atoms with Gasteiger partial charge in [0.2, 0.25) is 0 Å². The number of thiazole rings is 2. The maximum atomic E-state index is 14.1. The van der Waals surface area contributed by atoms with E-state index in [-0.39, 0.29) is 17.9 Å². The molecule has 0 spiro atoms. The predicted octanol–water partition coefficient (Wildman–Crippen LogP) is 5.61. The van der Waals surface area contributed by atoms with Crippen molar-refractivity contribution in [1.82, 2.24) is 50.3 Å². The Hall–Kier alpha value is -4.63. The monoisotopic (exact) mass is 644 g/mol. The molecule has 6 aromatic rings. The van der Waals surface area contributed by atoms with Gasteiger partial charge in [-0.25, -0.2) is 29.9 Å². The first kappa shape index (κ1) is 29.1. The molecule has 8 rings (SSSR count). The van der Waals surface area contributed by atoms with Gasteiger partial charge in [-0.15, -0.1) is 22.7 Å². The molecule has 228 valence electrons. The number of hydrogen-bond acceptors (Lipinski definition) is 11. The number of fused-ring (bicyclic) bond motifs is 6. The van der Waals surface area contributed by atoms with Gasteiger partial charge in [0.05, 0.1) is 42.2 Å². The van der Waals surface area contributed by atoms with Crippen molar-refractivity contribution in [3.8, 4) is 22.5 Å². The minimum Gasteiger partial charge on any atom is -0.292 e. The molecule has 15 heteroatoms. The van der Waals surface area contributed by atoms with Crippen LogP contribution in [0.15, 0.2) is 36.9 Å². The fourth-order valence-electron chi connectivity index (χ4n) is 5.32. The predicted molar refractivity (Wildman–Crippen MR) is 163 cm³/mol. The summed E-state index contributed by atoms with van der Waals surface area (Å²) in [5, 5.41) is 14.8. The molecule has 0 saturated heterocycles. The van der Waals surface area contributed by atoms with E-state index in [9.17, 15) is 13.6 Å². The fourth-order valence-corrected chi connectivity index (χ4v) is 7.48. The summed E-state index contributed by atoms with van der Waals surface area (Å²) in [5.41, 5.74) is 4.97. The Morgan fingerprint density at radius 2 is 1.36 bits per heavy atom. The molecule has 0 aromatic carbocycles. The van der Waals surface area contributed by atoms with Crippen LogP contribution < -0.4 is 0 Å². The number of carbonyl (C=O) groups is 1. The lowest BCUT2D eigenvalue weighted by Gasteiger charge is -2.12. The second-order valence-corrected chi connectivity index (χ2v) is 13.1. The number of nitrogens with zero attached hydrogens (tertiary/aromatic N) is 8. The van der Waals surface area contributed by atoms with Crippen LogP contribution in [-0.4, -0.2) is 56.1 Å².